The van der Waals surface area contributed by atoms with Gasteiger partial charge < -0.3 is 15.5 Å². The van der Waals surface area contributed by atoms with Crippen LogP contribution in [-0.2, 0) is 15.8 Å². The van der Waals surface area contributed by atoms with E-state index in [0.717, 1.165) is 18.9 Å². The first kappa shape index (κ1) is 23.1. The fraction of sp³-hybridized carbons (Fsp3) is 0.429. The number of hydrogen-bond acceptors (Lipinski definition) is 5. The Bertz CT molecular complexity index is 1170. The number of hydrogen-bond donors (Lipinski definition) is 3. The zero-order chi connectivity index (χ0) is 23.9. The van der Waals surface area contributed by atoms with Gasteiger partial charge in [-0.15, -0.1) is 0 Å². The predicted octanol–water partition coefficient (Wildman–Crippen LogP) is 3.74. The van der Waals surface area contributed by atoms with Crippen LogP contribution < -0.4 is 21.1 Å². The number of carbonyl (C=O) groups excluding carboxylic acids is 2. The van der Waals surface area contributed by atoms with Gasteiger partial charge in [0.15, 0.2) is 0 Å². The molecule has 0 unspecified atom stereocenters. The Morgan fingerprint density at radius 2 is 2.06 bits per heavy atom. The molecular formula is C21H21ClF3N5O3. The van der Waals surface area contributed by atoms with Crippen molar-refractivity contribution in [1.82, 2.24) is 9.97 Å². The fourth-order valence-corrected chi connectivity index (χ4v) is 4.39. The molecule has 33 heavy (non-hydrogen) atoms. The van der Waals surface area contributed by atoms with Crippen molar-refractivity contribution in [3.8, 4) is 0 Å². The summed E-state index contributed by atoms with van der Waals surface area (Å²) in [5, 5.41) is 4.38. The van der Waals surface area contributed by atoms with Gasteiger partial charge in [0.1, 0.15) is 5.82 Å². The van der Waals surface area contributed by atoms with E-state index in [1.165, 1.54) is 6.07 Å². The largest absolute Gasteiger partial charge is 0.417 e. The van der Waals surface area contributed by atoms with Crippen molar-refractivity contribution in [1.29, 1.82) is 0 Å². The van der Waals surface area contributed by atoms with Crippen LogP contribution in [-0.4, -0.2) is 34.9 Å². The Morgan fingerprint density at radius 1 is 1.30 bits per heavy atom. The van der Waals surface area contributed by atoms with Gasteiger partial charge in [-0.1, -0.05) is 18.5 Å². The van der Waals surface area contributed by atoms with Crippen LogP contribution in [0.25, 0.3) is 0 Å². The minimum absolute atomic E-state index is 0.0181. The second kappa shape index (κ2) is 8.69. The van der Waals surface area contributed by atoms with Crippen molar-refractivity contribution < 1.29 is 22.8 Å². The Balaban J connectivity index is 1.63. The van der Waals surface area contributed by atoms with E-state index in [0.29, 0.717) is 31.0 Å². The zero-order valence-corrected chi connectivity index (χ0v) is 18.3. The van der Waals surface area contributed by atoms with Crippen LogP contribution in [0.5, 0.6) is 0 Å². The fourth-order valence-electron chi connectivity index (χ4n) is 4.16. The van der Waals surface area contributed by atoms with Crippen LogP contribution in [0.15, 0.2) is 23.0 Å². The summed E-state index contributed by atoms with van der Waals surface area (Å²) in [6.45, 7) is 3.48. The third kappa shape index (κ3) is 4.82. The quantitative estimate of drug-likeness (QED) is 0.616. The summed E-state index contributed by atoms with van der Waals surface area (Å²) in [5.41, 5.74) is -1.89. The number of piperidine rings is 1. The molecule has 0 radical (unpaired) electrons. The number of H-pyrrole nitrogens is 1. The Kier molecular flexibility index (Phi) is 6.08. The Labute approximate surface area is 191 Å². The smallest absolute Gasteiger partial charge is 0.342 e. The lowest BCUT2D eigenvalue weighted by atomic mass is 9.92. The van der Waals surface area contributed by atoms with Crippen molar-refractivity contribution >= 4 is 40.9 Å². The van der Waals surface area contributed by atoms with E-state index in [9.17, 15) is 27.6 Å². The number of halogens is 4. The summed E-state index contributed by atoms with van der Waals surface area (Å²) in [4.78, 5) is 47.0. The molecule has 176 valence electrons. The van der Waals surface area contributed by atoms with Gasteiger partial charge in [-0.05, 0) is 37.0 Å². The highest BCUT2D eigenvalue weighted by molar-refractivity contribution is 6.31. The third-order valence-electron chi connectivity index (χ3n) is 5.75. The average molecular weight is 484 g/mol. The summed E-state index contributed by atoms with van der Waals surface area (Å²) in [5.74, 6) is -1.84. The molecule has 2 atom stereocenters. The van der Waals surface area contributed by atoms with Gasteiger partial charge >= 0.3 is 6.18 Å². The van der Waals surface area contributed by atoms with Gasteiger partial charge in [-0.3, -0.25) is 19.4 Å². The first-order chi connectivity index (χ1) is 15.5. The number of rotatable bonds is 3. The second-order valence-corrected chi connectivity index (χ2v) is 8.74. The lowest BCUT2D eigenvalue weighted by Crippen LogP contribution is -2.40. The summed E-state index contributed by atoms with van der Waals surface area (Å²) < 4.78 is 39.4. The average Bonchev–Trinajstić information content (AvgIpc) is 2.73. The maximum Gasteiger partial charge on any atom is 0.417 e. The summed E-state index contributed by atoms with van der Waals surface area (Å²) in [7, 11) is 0. The van der Waals surface area contributed by atoms with E-state index in [2.05, 4.69) is 27.5 Å². The molecule has 0 spiro atoms. The maximum absolute atomic E-state index is 13.1. The second-order valence-electron chi connectivity index (χ2n) is 8.33. The number of anilines is 3. The van der Waals surface area contributed by atoms with Gasteiger partial charge in [0, 0.05) is 25.2 Å². The molecule has 4 rings (SSSR count). The zero-order valence-electron chi connectivity index (χ0n) is 17.6. The molecule has 1 aromatic heterocycles. The minimum atomic E-state index is -4.71. The molecule has 0 aliphatic carbocycles. The minimum Gasteiger partial charge on any atom is -0.342 e. The first-order valence-electron chi connectivity index (χ1n) is 10.4. The van der Waals surface area contributed by atoms with Gasteiger partial charge in [-0.25, -0.2) is 0 Å². The normalized spacial score (nSPS) is 20.8. The Hall–Kier alpha value is -3.08. The van der Waals surface area contributed by atoms with Crippen LogP contribution >= 0.6 is 11.6 Å². The van der Waals surface area contributed by atoms with E-state index >= 15 is 0 Å². The maximum atomic E-state index is 13.1. The van der Waals surface area contributed by atoms with Crippen LogP contribution in [0.4, 0.5) is 30.6 Å². The topological polar surface area (TPSA) is 107 Å². The van der Waals surface area contributed by atoms with Gasteiger partial charge in [-0.2, -0.15) is 18.2 Å². The van der Waals surface area contributed by atoms with Gasteiger partial charge in [0.2, 0.25) is 17.8 Å². The number of fused-ring (bicyclic) bond motifs is 1. The highest BCUT2D eigenvalue weighted by atomic mass is 35.5. The summed E-state index contributed by atoms with van der Waals surface area (Å²) in [6, 6.07) is 2.93. The van der Waals surface area contributed by atoms with Gasteiger partial charge in [0.05, 0.1) is 22.1 Å². The standard InChI is InChI=1S/C21H21ClF3N5O3/c1-10-3-2-6-30(9-10)20-28-17-16(19(33)29-20)12(8-15(31)27-17)18(32)26-11-4-5-14(22)13(7-11)21(23,24)25/h4-5,7,10,12H,2-3,6,8-9H2,1H3,(H,26,32)(H2,27,28,29,31,33)/t10-,12+/m0/s1. The third-order valence-corrected chi connectivity index (χ3v) is 6.08. The molecule has 12 heteroatoms. The number of carbonyl (C=O) groups is 2. The molecule has 1 fully saturated rings. The molecule has 0 bridgehead atoms. The molecule has 3 N–H and O–H groups in total. The van der Waals surface area contributed by atoms with E-state index in [-0.39, 0.29) is 23.5 Å². The molecule has 2 aromatic rings. The highest BCUT2D eigenvalue weighted by Crippen LogP contribution is 2.37. The SMILES string of the molecule is C[C@H]1CCCN(c2nc3c(c(=O)[nH]2)[C@H](C(=O)Nc2ccc(Cl)c(C(F)(F)F)c2)CC(=O)N3)C1. The van der Waals surface area contributed by atoms with Crippen LogP contribution in [0.3, 0.4) is 0 Å². The summed E-state index contributed by atoms with van der Waals surface area (Å²) >= 11 is 5.62. The molecule has 2 aliphatic heterocycles. The van der Waals surface area contributed by atoms with Gasteiger partial charge in [0.25, 0.3) is 5.56 Å². The number of alkyl halides is 3. The molecule has 2 amide bonds. The van der Waals surface area contributed by atoms with Crippen LogP contribution in [0.1, 0.15) is 43.2 Å². The first-order valence-corrected chi connectivity index (χ1v) is 10.8. The molecule has 3 heterocycles. The number of aromatic amines is 1. The van der Waals surface area contributed by atoms with Crippen molar-refractivity contribution in [2.75, 3.05) is 28.6 Å². The number of aromatic nitrogens is 2. The lowest BCUT2D eigenvalue weighted by Gasteiger charge is -2.32. The number of amides is 2. The number of nitrogens with one attached hydrogen (secondary N) is 3. The Morgan fingerprint density at radius 3 is 2.76 bits per heavy atom. The number of benzene rings is 1. The van der Waals surface area contributed by atoms with Crippen molar-refractivity contribution in [3.63, 3.8) is 0 Å². The number of nitrogens with zero attached hydrogens (tertiary/aromatic N) is 2. The summed E-state index contributed by atoms with van der Waals surface area (Å²) in [6.07, 6.45) is -3.06. The lowest BCUT2D eigenvalue weighted by molar-refractivity contribution is -0.137. The highest BCUT2D eigenvalue weighted by Gasteiger charge is 2.37. The molecule has 2 aliphatic rings. The van der Waals surface area contributed by atoms with E-state index in [1.54, 1.807) is 0 Å². The van der Waals surface area contributed by atoms with E-state index in [1.807, 2.05) is 4.90 Å². The van der Waals surface area contributed by atoms with E-state index in [4.69, 9.17) is 11.6 Å². The molecular weight excluding hydrogens is 463 g/mol. The van der Waals surface area contributed by atoms with Crippen molar-refractivity contribution in [2.24, 2.45) is 5.92 Å². The molecule has 0 saturated carbocycles. The van der Waals surface area contributed by atoms with Crippen molar-refractivity contribution in [3.05, 3.63) is 44.7 Å². The van der Waals surface area contributed by atoms with E-state index < -0.39 is 40.1 Å². The van der Waals surface area contributed by atoms with Crippen LogP contribution in [0.2, 0.25) is 5.02 Å². The molecule has 8 nitrogen and oxygen atoms in total. The molecule has 1 saturated heterocycles. The monoisotopic (exact) mass is 483 g/mol. The van der Waals surface area contributed by atoms with Crippen LogP contribution in [0, 0.1) is 5.92 Å². The van der Waals surface area contributed by atoms with Crippen molar-refractivity contribution in [2.45, 2.75) is 38.3 Å². The molecule has 1 aromatic carbocycles. The predicted molar refractivity (Wildman–Crippen MR) is 117 cm³/mol.